The van der Waals surface area contributed by atoms with Gasteiger partial charge in [-0.2, -0.15) is 0 Å². The minimum Gasteiger partial charge on any atom is -0.444 e. The Morgan fingerprint density at radius 1 is 1.24 bits per heavy atom. The van der Waals surface area contributed by atoms with E-state index in [2.05, 4.69) is 28.1 Å². The van der Waals surface area contributed by atoms with Crippen molar-refractivity contribution in [2.24, 2.45) is 11.7 Å². The van der Waals surface area contributed by atoms with Crippen LogP contribution in [0.5, 0.6) is 0 Å². The van der Waals surface area contributed by atoms with Gasteiger partial charge in [0.25, 0.3) is 5.91 Å². The first-order chi connectivity index (χ1) is 10.2. The fourth-order valence-corrected chi connectivity index (χ4v) is 3.25. The molecule has 0 radical (unpaired) electrons. The summed E-state index contributed by atoms with van der Waals surface area (Å²) in [4.78, 5) is 14.3. The number of carbonyl (C=O) groups is 1. The van der Waals surface area contributed by atoms with Crippen LogP contribution >= 0.6 is 15.9 Å². The molecule has 1 amide bonds. The van der Waals surface area contributed by atoms with E-state index in [4.69, 9.17) is 10.2 Å². The Morgan fingerprint density at radius 2 is 2.00 bits per heavy atom. The summed E-state index contributed by atoms with van der Waals surface area (Å²) in [5.74, 6) is 0.872. The smallest absolute Gasteiger partial charge is 0.289 e. The molecule has 1 aromatic heterocycles. The predicted octanol–water partition coefficient (Wildman–Crippen LogP) is 2.86. The number of likely N-dealkylation sites (tertiary alicyclic amines) is 1. The van der Waals surface area contributed by atoms with Crippen molar-refractivity contribution in [3.63, 3.8) is 0 Å². The number of furan rings is 1. The Labute approximate surface area is 132 Å². The second-order valence-electron chi connectivity index (χ2n) is 5.33. The van der Waals surface area contributed by atoms with Crippen molar-refractivity contribution in [3.8, 4) is 0 Å². The lowest BCUT2D eigenvalue weighted by Crippen LogP contribution is -2.29. The van der Waals surface area contributed by atoms with Crippen LogP contribution in [-0.2, 0) is 0 Å². The van der Waals surface area contributed by atoms with Gasteiger partial charge in [0.15, 0.2) is 10.4 Å². The van der Waals surface area contributed by atoms with Crippen LogP contribution in [0.2, 0.25) is 0 Å². The highest BCUT2D eigenvalue weighted by Crippen LogP contribution is 2.33. The highest BCUT2D eigenvalue weighted by Gasteiger charge is 2.36. The number of amides is 1. The Morgan fingerprint density at radius 3 is 2.62 bits per heavy atom. The summed E-state index contributed by atoms with van der Waals surface area (Å²) in [7, 11) is 0. The molecule has 3 rings (SSSR count). The van der Waals surface area contributed by atoms with E-state index in [9.17, 15) is 4.79 Å². The fraction of sp³-hybridized carbons (Fsp3) is 0.312. The molecule has 1 aliphatic heterocycles. The summed E-state index contributed by atoms with van der Waals surface area (Å²) < 4.78 is 5.93. The first-order valence-corrected chi connectivity index (χ1v) is 7.78. The normalized spacial score (nSPS) is 21.7. The molecule has 1 saturated heterocycles. The minimum atomic E-state index is -0.0717. The maximum atomic E-state index is 12.5. The summed E-state index contributed by atoms with van der Waals surface area (Å²) in [6.07, 6.45) is 0. The van der Waals surface area contributed by atoms with Crippen LogP contribution < -0.4 is 5.73 Å². The third kappa shape index (κ3) is 2.89. The number of carbonyl (C=O) groups excluding carboxylic acids is 1. The molecule has 4 nitrogen and oxygen atoms in total. The molecule has 0 spiro atoms. The Balaban J connectivity index is 1.79. The maximum Gasteiger partial charge on any atom is 0.289 e. The number of hydrogen-bond acceptors (Lipinski definition) is 3. The average molecular weight is 349 g/mol. The first-order valence-electron chi connectivity index (χ1n) is 6.98. The molecule has 1 aromatic carbocycles. The molecule has 0 aliphatic carbocycles. The van der Waals surface area contributed by atoms with E-state index in [0.29, 0.717) is 36.0 Å². The summed E-state index contributed by atoms with van der Waals surface area (Å²) in [6, 6.07) is 13.7. The van der Waals surface area contributed by atoms with Crippen LogP contribution in [-0.4, -0.2) is 30.4 Å². The zero-order valence-electron chi connectivity index (χ0n) is 11.5. The van der Waals surface area contributed by atoms with Crippen molar-refractivity contribution in [1.29, 1.82) is 0 Å². The van der Waals surface area contributed by atoms with Crippen molar-refractivity contribution >= 4 is 21.8 Å². The quantitative estimate of drug-likeness (QED) is 0.927. The lowest BCUT2D eigenvalue weighted by molar-refractivity contribution is 0.0753. The van der Waals surface area contributed by atoms with Crippen LogP contribution in [0.15, 0.2) is 51.6 Å². The van der Waals surface area contributed by atoms with E-state index in [0.717, 1.165) is 0 Å². The third-order valence-electron chi connectivity index (χ3n) is 4.04. The van der Waals surface area contributed by atoms with Gasteiger partial charge < -0.3 is 15.1 Å². The number of nitrogens with two attached hydrogens (primary N) is 1. The molecule has 0 unspecified atom stereocenters. The second kappa shape index (κ2) is 6.03. The van der Waals surface area contributed by atoms with Crippen LogP contribution in [0.4, 0.5) is 0 Å². The summed E-state index contributed by atoms with van der Waals surface area (Å²) >= 11 is 3.23. The van der Waals surface area contributed by atoms with Gasteiger partial charge in [-0.1, -0.05) is 30.3 Å². The lowest BCUT2D eigenvalue weighted by Gasteiger charge is -2.16. The zero-order chi connectivity index (χ0) is 14.8. The highest BCUT2D eigenvalue weighted by molar-refractivity contribution is 9.10. The summed E-state index contributed by atoms with van der Waals surface area (Å²) in [5, 5.41) is 0. The standard InChI is InChI=1S/C16H17BrN2O2/c17-15-7-6-14(21-15)16(20)19-9-12(8-18)13(10-19)11-4-2-1-3-5-11/h1-7,12-13H,8-10,18H2/t12-,13+/m1/s1. The molecule has 5 heteroatoms. The van der Waals surface area contributed by atoms with Crippen LogP contribution in [0.3, 0.4) is 0 Å². The molecule has 1 aliphatic rings. The summed E-state index contributed by atoms with van der Waals surface area (Å²) in [6.45, 7) is 1.93. The van der Waals surface area contributed by atoms with Gasteiger partial charge in [0.05, 0.1) is 0 Å². The number of rotatable bonds is 3. The van der Waals surface area contributed by atoms with Gasteiger partial charge in [0, 0.05) is 19.0 Å². The van der Waals surface area contributed by atoms with E-state index in [1.165, 1.54) is 5.56 Å². The molecule has 2 N–H and O–H groups in total. The van der Waals surface area contributed by atoms with Gasteiger partial charge in [-0.05, 0) is 46.1 Å². The molecule has 2 aromatic rings. The first kappa shape index (κ1) is 14.4. The summed E-state index contributed by atoms with van der Waals surface area (Å²) in [5.41, 5.74) is 7.14. The van der Waals surface area contributed by atoms with Crippen LogP contribution in [0.1, 0.15) is 22.0 Å². The maximum absolute atomic E-state index is 12.5. The Kier molecular flexibility index (Phi) is 4.12. The van der Waals surface area contributed by atoms with Crippen molar-refractivity contribution in [2.45, 2.75) is 5.92 Å². The predicted molar refractivity (Wildman–Crippen MR) is 84.0 cm³/mol. The van der Waals surface area contributed by atoms with Crippen molar-refractivity contribution in [2.75, 3.05) is 19.6 Å². The Hall–Kier alpha value is -1.59. The average Bonchev–Trinajstić information content (AvgIpc) is 3.13. The Bertz CT molecular complexity index is 626. The van der Waals surface area contributed by atoms with Crippen LogP contribution in [0, 0.1) is 5.92 Å². The monoisotopic (exact) mass is 348 g/mol. The molecule has 21 heavy (non-hydrogen) atoms. The van der Waals surface area contributed by atoms with Crippen molar-refractivity contribution in [3.05, 3.63) is 58.5 Å². The minimum absolute atomic E-state index is 0.0717. The van der Waals surface area contributed by atoms with Crippen molar-refractivity contribution < 1.29 is 9.21 Å². The number of halogens is 1. The molecule has 2 heterocycles. The van der Waals surface area contributed by atoms with E-state index in [1.54, 1.807) is 12.1 Å². The van der Waals surface area contributed by atoms with Gasteiger partial charge in [-0.15, -0.1) is 0 Å². The van der Waals surface area contributed by atoms with Gasteiger partial charge in [0.2, 0.25) is 0 Å². The number of hydrogen-bond donors (Lipinski definition) is 1. The molecular weight excluding hydrogens is 332 g/mol. The molecular formula is C16H17BrN2O2. The van der Waals surface area contributed by atoms with Gasteiger partial charge in [-0.3, -0.25) is 4.79 Å². The second-order valence-corrected chi connectivity index (χ2v) is 6.11. The molecule has 0 saturated carbocycles. The largest absolute Gasteiger partial charge is 0.444 e. The molecule has 2 atom stereocenters. The van der Waals surface area contributed by atoms with Gasteiger partial charge in [-0.25, -0.2) is 0 Å². The van der Waals surface area contributed by atoms with Crippen LogP contribution in [0.25, 0.3) is 0 Å². The van der Waals surface area contributed by atoms with E-state index in [1.807, 2.05) is 23.1 Å². The van der Waals surface area contributed by atoms with E-state index < -0.39 is 0 Å². The number of benzene rings is 1. The highest BCUT2D eigenvalue weighted by atomic mass is 79.9. The third-order valence-corrected chi connectivity index (χ3v) is 4.47. The topological polar surface area (TPSA) is 59.5 Å². The zero-order valence-corrected chi connectivity index (χ0v) is 13.1. The SMILES string of the molecule is NC[C@@H]1CN(C(=O)c2ccc(Br)o2)C[C@H]1c1ccccc1. The van der Waals surface area contributed by atoms with Gasteiger partial charge >= 0.3 is 0 Å². The van der Waals surface area contributed by atoms with Crippen molar-refractivity contribution in [1.82, 2.24) is 4.90 Å². The molecule has 110 valence electrons. The lowest BCUT2D eigenvalue weighted by atomic mass is 9.89. The molecule has 0 bridgehead atoms. The van der Waals surface area contributed by atoms with E-state index in [-0.39, 0.29) is 11.8 Å². The van der Waals surface area contributed by atoms with E-state index >= 15 is 0 Å². The number of nitrogens with zero attached hydrogens (tertiary/aromatic N) is 1. The molecule has 1 fully saturated rings. The van der Waals surface area contributed by atoms with Gasteiger partial charge in [0.1, 0.15) is 0 Å². The fourth-order valence-electron chi connectivity index (χ4n) is 2.94.